The van der Waals surface area contributed by atoms with Crippen LogP contribution in [0.5, 0.6) is 0 Å². The van der Waals surface area contributed by atoms with Crippen molar-refractivity contribution >= 4 is 28.9 Å². The van der Waals surface area contributed by atoms with E-state index >= 15 is 0 Å². The van der Waals surface area contributed by atoms with Gasteiger partial charge < -0.3 is 5.11 Å². The van der Waals surface area contributed by atoms with Crippen LogP contribution in [0.15, 0.2) is 35.7 Å². The third kappa shape index (κ3) is 3.60. The Morgan fingerprint density at radius 3 is 2.87 bits per heavy atom. The molecule has 122 valence electrons. The molecule has 3 rings (SSSR count). The summed E-state index contributed by atoms with van der Waals surface area (Å²) in [5.41, 5.74) is 2.29. The van der Waals surface area contributed by atoms with Crippen molar-refractivity contribution in [1.82, 2.24) is 4.90 Å². The number of aryl methyl sites for hydroxylation is 1. The van der Waals surface area contributed by atoms with E-state index in [-0.39, 0.29) is 12.0 Å². The normalized spacial score (nSPS) is 20.3. The van der Waals surface area contributed by atoms with Gasteiger partial charge in [0.15, 0.2) is 0 Å². The molecule has 1 N–H and O–H groups in total. The highest BCUT2D eigenvalue weighted by atomic mass is 35.5. The molecule has 1 aliphatic heterocycles. The second kappa shape index (κ2) is 7.04. The Labute approximate surface area is 145 Å². The molecule has 3 nitrogen and oxygen atoms in total. The summed E-state index contributed by atoms with van der Waals surface area (Å²) in [7, 11) is 0. The molecule has 0 radical (unpaired) electrons. The number of aliphatic carboxylic acids is 1. The van der Waals surface area contributed by atoms with Crippen molar-refractivity contribution in [2.24, 2.45) is 5.92 Å². The van der Waals surface area contributed by atoms with Gasteiger partial charge in [-0.05, 0) is 54.9 Å². The highest BCUT2D eigenvalue weighted by Gasteiger charge is 2.32. The summed E-state index contributed by atoms with van der Waals surface area (Å²) in [5.74, 6) is -0.996. The Morgan fingerprint density at radius 1 is 1.43 bits per heavy atom. The molecule has 2 atom stereocenters. The van der Waals surface area contributed by atoms with Crippen LogP contribution in [-0.4, -0.2) is 29.1 Å². The summed E-state index contributed by atoms with van der Waals surface area (Å²) in [6.07, 6.45) is 1.66. The lowest BCUT2D eigenvalue weighted by molar-refractivity contribution is -0.143. The van der Waals surface area contributed by atoms with Crippen molar-refractivity contribution in [1.29, 1.82) is 0 Å². The number of carboxylic acid groups (broad SMARTS) is 1. The molecule has 1 saturated heterocycles. The van der Waals surface area contributed by atoms with Gasteiger partial charge in [-0.15, -0.1) is 11.3 Å². The van der Waals surface area contributed by atoms with Gasteiger partial charge in [-0.2, -0.15) is 0 Å². The maximum atomic E-state index is 11.4. The fraction of sp³-hybridized carbons (Fsp3) is 0.389. The number of carboxylic acids is 1. The van der Waals surface area contributed by atoms with Crippen LogP contribution in [0, 0.1) is 12.8 Å². The van der Waals surface area contributed by atoms with Crippen LogP contribution < -0.4 is 0 Å². The van der Waals surface area contributed by atoms with Gasteiger partial charge in [0.1, 0.15) is 0 Å². The molecule has 0 spiro atoms. The number of benzene rings is 1. The van der Waals surface area contributed by atoms with Crippen LogP contribution in [-0.2, 0) is 4.79 Å². The van der Waals surface area contributed by atoms with Crippen molar-refractivity contribution < 1.29 is 9.90 Å². The molecule has 0 bridgehead atoms. The second-order valence-electron chi connectivity index (χ2n) is 6.12. The van der Waals surface area contributed by atoms with Crippen molar-refractivity contribution in [2.75, 3.05) is 13.1 Å². The van der Waals surface area contributed by atoms with Gasteiger partial charge in [-0.3, -0.25) is 9.69 Å². The first-order valence-electron chi connectivity index (χ1n) is 7.82. The van der Waals surface area contributed by atoms with Gasteiger partial charge in [0, 0.05) is 16.4 Å². The monoisotopic (exact) mass is 349 g/mol. The fourth-order valence-corrected chi connectivity index (χ4v) is 4.55. The zero-order valence-corrected chi connectivity index (χ0v) is 14.6. The number of nitrogens with zero attached hydrogens (tertiary/aromatic N) is 1. The molecule has 23 heavy (non-hydrogen) atoms. The van der Waals surface area contributed by atoms with E-state index in [1.165, 1.54) is 10.4 Å². The summed E-state index contributed by atoms with van der Waals surface area (Å²) in [5, 5.41) is 12.3. The standard InChI is InChI=1S/C18H20ClNO2S/c1-12-9-16(23-11-12)17(14-6-2-3-7-15(14)19)20-8-4-5-13(10-20)18(21)22/h2-3,6-7,9,11,13,17H,4-5,8,10H2,1H3,(H,21,22). The van der Waals surface area contributed by atoms with E-state index < -0.39 is 5.97 Å². The molecule has 1 fully saturated rings. The van der Waals surface area contributed by atoms with E-state index in [4.69, 9.17) is 11.6 Å². The van der Waals surface area contributed by atoms with E-state index in [9.17, 15) is 9.90 Å². The zero-order chi connectivity index (χ0) is 16.4. The summed E-state index contributed by atoms with van der Waals surface area (Å²) in [4.78, 5) is 14.9. The predicted octanol–water partition coefficient (Wildman–Crippen LogP) is 4.60. The van der Waals surface area contributed by atoms with Crippen LogP contribution in [0.25, 0.3) is 0 Å². The maximum absolute atomic E-state index is 11.4. The summed E-state index contributed by atoms with van der Waals surface area (Å²) < 4.78 is 0. The zero-order valence-electron chi connectivity index (χ0n) is 13.0. The Hall–Kier alpha value is -1.36. The molecule has 1 aromatic heterocycles. The third-order valence-corrected chi connectivity index (χ3v) is 5.83. The van der Waals surface area contributed by atoms with E-state index in [0.717, 1.165) is 30.0 Å². The van der Waals surface area contributed by atoms with E-state index in [0.29, 0.717) is 6.54 Å². The van der Waals surface area contributed by atoms with Crippen LogP contribution in [0.2, 0.25) is 5.02 Å². The molecular formula is C18H20ClNO2S. The number of hydrogen-bond donors (Lipinski definition) is 1. The molecule has 1 aliphatic rings. The largest absolute Gasteiger partial charge is 0.481 e. The number of halogens is 1. The van der Waals surface area contributed by atoms with Gasteiger partial charge in [0.05, 0.1) is 12.0 Å². The van der Waals surface area contributed by atoms with Crippen LogP contribution >= 0.6 is 22.9 Å². The summed E-state index contributed by atoms with van der Waals surface area (Å²) >= 11 is 8.17. The molecule has 2 heterocycles. The minimum absolute atomic E-state index is 0.0320. The first-order valence-corrected chi connectivity index (χ1v) is 9.08. The average Bonchev–Trinajstić information content (AvgIpc) is 2.96. The number of thiophene rings is 1. The summed E-state index contributed by atoms with van der Waals surface area (Å²) in [6, 6.07) is 10.1. The van der Waals surface area contributed by atoms with Crippen LogP contribution in [0.4, 0.5) is 0 Å². The molecule has 1 aromatic carbocycles. The number of carbonyl (C=O) groups is 1. The molecule has 5 heteroatoms. The second-order valence-corrected chi connectivity index (χ2v) is 7.47. The summed E-state index contributed by atoms with van der Waals surface area (Å²) in [6.45, 7) is 3.55. The van der Waals surface area contributed by atoms with Gasteiger partial charge in [-0.1, -0.05) is 29.8 Å². The number of piperidine rings is 1. The molecule has 0 saturated carbocycles. The SMILES string of the molecule is Cc1csc(C(c2ccccc2Cl)N2CCCC(C(=O)O)C2)c1. The lowest BCUT2D eigenvalue weighted by atomic mass is 9.94. The smallest absolute Gasteiger partial charge is 0.307 e. The Kier molecular flexibility index (Phi) is 5.05. The fourth-order valence-electron chi connectivity index (χ4n) is 3.27. The van der Waals surface area contributed by atoms with Gasteiger partial charge >= 0.3 is 5.97 Å². The first-order chi connectivity index (χ1) is 11.1. The van der Waals surface area contributed by atoms with Crippen molar-refractivity contribution in [3.05, 3.63) is 56.7 Å². The molecule has 0 amide bonds. The minimum atomic E-state index is -0.699. The lowest BCUT2D eigenvalue weighted by Crippen LogP contribution is -2.41. The molecule has 0 aliphatic carbocycles. The molecule has 2 aromatic rings. The van der Waals surface area contributed by atoms with Crippen molar-refractivity contribution in [3.63, 3.8) is 0 Å². The van der Waals surface area contributed by atoms with Gasteiger partial charge in [0.2, 0.25) is 0 Å². The minimum Gasteiger partial charge on any atom is -0.481 e. The topological polar surface area (TPSA) is 40.5 Å². The van der Waals surface area contributed by atoms with E-state index in [1.54, 1.807) is 11.3 Å². The van der Waals surface area contributed by atoms with Crippen LogP contribution in [0.1, 0.15) is 34.9 Å². The number of rotatable bonds is 4. The Bertz CT molecular complexity index is 700. The quantitative estimate of drug-likeness (QED) is 0.877. The Morgan fingerprint density at radius 2 is 2.22 bits per heavy atom. The highest BCUT2D eigenvalue weighted by molar-refractivity contribution is 7.10. The van der Waals surface area contributed by atoms with Crippen LogP contribution in [0.3, 0.4) is 0 Å². The lowest BCUT2D eigenvalue weighted by Gasteiger charge is -2.37. The Balaban J connectivity index is 1.98. The predicted molar refractivity (Wildman–Crippen MR) is 94.3 cm³/mol. The molecular weight excluding hydrogens is 330 g/mol. The first kappa shape index (κ1) is 16.5. The number of hydrogen-bond acceptors (Lipinski definition) is 3. The van der Waals surface area contributed by atoms with Gasteiger partial charge in [0.25, 0.3) is 0 Å². The third-order valence-electron chi connectivity index (χ3n) is 4.39. The van der Waals surface area contributed by atoms with Crippen molar-refractivity contribution in [2.45, 2.75) is 25.8 Å². The van der Waals surface area contributed by atoms with E-state index in [2.05, 4.69) is 23.3 Å². The van der Waals surface area contributed by atoms with E-state index in [1.807, 2.05) is 24.3 Å². The maximum Gasteiger partial charge on any atom is 0.307 e. The van der Waals surface area contributed by atoms with Gasteiger partial charge in [-0.25, -0.2) is 0 Å². The number of likely N-dealkylation sites (tertiary alicyclic amines) is 1. The highest BCUT2D eigenvalue weighted by Crippen LogP contribution is 2.38. The van der Waals surface area contributed by atoms with Crippen molar-refractivity contribution in [3.8, 4) is 0 Å². The average molecular weight is 350 g/mol. The molecule has 2 unspecified atom stereocenters.